The highest BCUT2D eigenvalue weighted by atomic mass is 35.5. The van der Waals surface area contributed by atoms with Crippen LogP contribution in [0.25, 0.3) is 0 Å². The quantitative estimate of drug-likeness (QED) is 0.402. The highest BCUT2D eigenvalue weighted by Gasteiger charge is 2.14. The van der Waals surface area contributed by atoms with Gasteiger partial charge in [0, 0.05) is 19.2 Å². The van der Waals surface area contributed by atoms with Crippen molar-refractivity contribution >= 4 is 29.6 Å². The molecule has 0 saturated carbocycles. The molecular formula is C20H22ClFN2O2. The van der Waals surface area contributed by atoms with Gasteiger partial charge in [-0.05, 0) is 56.2 Å². The lowest BCUT2D eigenvalue weighted by atomic mass is 10.0. The van der Waals surface area contributed by atoms with Crippen LogP contribution in [-0.2, 0) is 11.3 Å². The summed E-state index contributed by atoms with van der Waals surface area (Å²) in [4.78, 5) is 18.8. The molecule has 2 aromatic carbocycles. The van der Waals surface area contributed by atoms with Crippen molar-refractivity contribution in [2.45, 2.75) is 27.4 Å². The SMILES string of the molecule is CCN(C)/C=N/c1cc(C)c(C(=O)OCc2ccc(F)cc2Cl)cc1C. The zero-order chi connectivity index (χ0) is 19.3. The highest BCUT2D eigenvalue weighted by molar-refractivity contribution is 6.31. The van der Waals surface area contributed by atoms with E-state index in [1.54, 1.807) is 12.4 Å². The first kappa shape index (κ1) is 19.9. The molecule has 6 heteroatoms. The Hall–Kier alpha value is -2.40. The average molecular weight is 377 g/mol. The van der Waals surface area contributed by atoms with E-state index in [1.807, 2.05) is 38.8 Å². The average Bonchev–Trinajstić information content (AvgIpc) is 2.60. The third-order valence-corrected chi connectivity index (χ3v) is 4.38. The second kappa shape index (κ2) is 8.81. The number of carbonyl (C=O) groups is 1. The van der Waals surface area contributed by atoms with Gasteiger partial charge in [-0.15, -0.1) is 0 Å². The van der Waals surface area contributed by atoms with E-state index in [1.165, 1.54) is 18.2 Å². The normalized spacial score (nSPS) is 11.0. The van der Waals surface area contributed by atoms with Gasteiger partial charge < -0.3 is 9.64 Å². The van der Waals surface area contributed by atoms with Crippen molar-refractivity contribution in [1.82, 2.24) is 4.90 Å². The van der Waals surface area contributed by atoms with Crippen LogP contribution in [0, 0.1) is 19.7 Å². The lowest BCUT2D eigenvalue weighted by Crippen LogP contribution is -2.14. The van der Waals surface area contributed by atoms with Crippen LogP contribution in [-0.4, -0.2) is 30.8 Å². The Morgan fingerprint density at radius 2 is 2.00 bits per heavy atom. The minimum absolute atomic E-state index is 0.0162. The summed E-state index contributed by atoms with van der Waals surface area (Å²) in [7, 11) is 1.94. The fourth-order valence-corrected chi connectivity index (χ4v) is 2.48. The second-order valence-corrected chi connectivity index (χ2v) is 6.49. The van der Waals surface area contributed by atoms with Gasteiger partial charge in [-0.1, -0.05) is 17.7 Å². The van der Waals surface area contributed by atoms with Crippen molar-refractivity contribution in [3.8, 4) is 0 Å². The topological polar surface area (TPSA) is 41.9 Å². The Morgan fingerprint density at radius 3 is 2.65 bits per heavy atom. The van der Waals surface area contributed by atoms with Crippen molar-refractivity contribution in [3.05, 3.63) is 63.4 Å². The van der Waals surface area contributed by atoms with Gasteiger partial charge in [-0.2, -0.15) is 0 Å². The van der Waals surface area contributed by atoms with Crippen LogP contribution in [0.5, 0.6) is 0 Å². The Morgan fingerprint density at radius 1 is 1.27 bits per heavy atom. The smallest absolute Gasteiger partial charge is 0.338 e. The zero-order valence-electron chi connectivity index (χ0n) is 15.3. The monoisotopic (exact) mass is 376 g/mol. The van der Waals surface area contributed by atoms with Gasteiger partial charge in [0.15, 0.2) is 0 Å². The number of hydrogen-bond acceptors (Lipinski definition) is 3. The molecule has 0 aliphatic heterocycles. The van der Waals surface area contributed by atoms with Crippen LogP contribution >= 0.6 is 11.6 Å². The van der Waals surface area contributed by atoms with Crippen LogP contribution in [0.1, 0.15) is 34.0 Å². The maximum atomic E-state index is 13.1. The molecule has 2 aromatic rings. The third-order valence-electron chi connectivity index (χ3n) is 4.03. The van der Waals surface area contributed by atoms with Crippen LogP contribution in [0.3, 0.4) is 0 Å². The summed E-state index contributed by atoms with van der Waals surface area (Å²) in [6, 6.07) is 7.61. The van der Waals surface area contributed by atoms with Crippen LogP contribution in [0.15, 0.2) is 35.3 Å². The lowest BCUT2D eigenvalue weighted by molar-refractivity contribution is 0.0472. The molecule has 0 unspecified atom stereocenters. The predicted molar refractivity (Wildman–Crippen MR) is 103 cm³/mol. The lowest BCUT2D eigenvalue weighted by Gasteiger charge is -2.12. The number of esters is 1. The number of ether oxygens (including phenoxy) is 1. The molecule has 138 valence electrons. The molecule has 0 spiro atoms. The molecule has 0 N–H and O–H groups in total. The fourth-order valence-electron chi connectivity index (χ4n) is 2.26. The Bertz CT molecular complexity index is 837. The maximum absolute atomic E-state index is 13.1. The van der Waals surface area contributed by atoms with Gasteiger partial charge >= 0.3 is 5.97 Å². The largest absolute Gasteiger partial charge is 0.457 e. The molecule has 26 heavy (non-hydrogen) atoms. The first-order chi connectivity index (χ1) is 12.3. The van der Waals surface area contributed by atoms with Gasteiger partial charge in [0.1, 0.15) is 12.4 Å². The van der Waals surface area contributed by atoms with E-state index < -0.39 is 11.8 Å². The number of carbonyl (C=O) groups excluding carboxylic acids is 1. The van der Waals surface area contributed by atoms with E-state index in [4.69, 9.17) is 16.3 Å². The first-order valence-corrected chi connectivity index (χ1v) is 8.66. The van der Waals surface area contributed by atoms with E-state index in [-0.39, 0.29) is 11.6 Å². The summed E-state index contributed by atoms with van der Waals surface area (Å²) < 4.78 is 18.4. The van der Waals surface area contributed by atoms with E-state index in [0.717, 1.165) is 23.4 Å². The van der Waals surface area contributed by atoms with Crippen molar-refractivity contribution in [1.29, 1.82) is 0 Å². The molecule has 0 aromatic heterocycles. The number of aliphatic imine (C=N–C) groups is 1. The Kier molecular flexibility index (Phi) is 6.75. The maximum Gasteiger partial charge on any atom is 0.338 e. The van der Waals surface area contributed by atoms with Crippen LogP contribution in [0.2, 0.25) is 5.02 Å². The zero-order valence-corrected chi connectivity index (χ0v) is 16.1. The fraction of sp³-hybridized carbons (Fsp3) is 0.300. The molecule has 0 aliphatic carbocycles. The summed E-state index contributed by atoms with van der Waals surface area (Å²) >= 11 is 5.96. The standard InChI is InChI=1S/C20H22ClFN2O2/c1-5-24(4)12-23-19-9-13(2)17(8-14(19)3)20(25)26-11-15-6-7-16(22)10-18(15)21/h6-10,12H,5,11H2,1-4H3/b23-12+. The molecule has 0 aliphatic rings. The Balaban J connectivity index is 2.13. The van der Waals surface area contributed by atoms with Gasteiger partial charge in [-0.3, -0.25) is 0 Å². The molecule has 0 atom stereocenters. The van der Waals surface area contributed by atoms with Crippen molar-refractivity contribution < 1.29 is 13.9 Å². The molecule has 0 radical (unpaired) electrons. The van der Waals surface area contributed by atoms with Gasteiger partial charge in [0.25, 0.3) is 0 Å². The molecule has 2 rings (SSSR count). The number of halogens is 2. The van der Waals surface area contributed by atoms with E-state index in [2.05, 4.69) is 4.99 Å². The molecule has 0 amide bonds. The molecule has 0 saturated heterocycles. The number of rotatable bonds is 6. The molecule has 0 heterocycles. The minimum Gasteiger partial charge on any atom is -0.457 e. The Labute approximate surface area is 158 Å². The summed E-state index contributed by atoms with van der Waals surface area (Å²) in [5, 5.41) is 0.232. The number of aryl methyl sites for hydroxylation is 2. The summed E-state index contributed by atoms with van der Waals surface area (Å²) in [5.74, 6) is -0.881. The first-order valence-electron chi connectivity index (χ1n) is 8.28. The highest BCUT2D eigenvalue weighted by Crippen LogP contribution is 2.24. The van der Waals surface area contributed by atoms with Crippen molar-refractivity contribution in [3.63, 3.8) is 0 Å². The van der Waals surface area contributed by atoms with Gasteiger partial charge in [0.05, 0.1) is 22.6 Å². The van der Waals surface area contributed by atoms with Crippen molar-refractivity contribution in [2.24, 2.45) is 4.99 Å². The van der Waals surface area contributed by atoms with E-state index >= 15 is 0 Å². The van der Waals surface area contributed by atoms with Gasteiger partial charge in [0.2, 0.25) is 0 Å². The number of benzene rings is 2. The van der Waals surface area contributed by atoms with Crippen LogP contribution < -0.4 is 0 Å². The molecular weight excluding hydrogens is 355 g/mol. The van der Waals surface area contributed by atoms with Gasteiger partial charge in [-0.25, -0.2) is 14.2 Å². The summed E-state index contributed by atoms with van der Waals surface area (Å²) in [6.45, 7) is 6.61. The summed E-state index contributed by atoms with van der Waals surface area (Å²) in [5.41, 5.74) is 3.49. The third kappa shape index (κ3) is 5.05. The predicted octanol–water partition coefficient (Wildman–Crippen LogP) is 5.06. The van der Waals surface area contributed by atoms with E-state index in [0.29, 0.717) is 11.1 Å². The minimum atomic E-state index is -0.452. The molecule has 4 nitrogen and oxygen atoms in total. The van der Waals surface area contributed by atoms with E-state index in [9.17, 15) is 9.18 Å². The number of nitrogens with zero attached hydrogens (tertiary/aromatic N) is 2. The number of hydrogen-bond donors (Lipinski definition) is 0. The molecule has 0 fully saturated rings. The summed E-state index contributed by atoms with van der Waals surface area (Å²) in [6.07, 6.45) is 1.76. The molecule has 0 bridgehead atoms. The van der Waals surface area contributed by atoms with Crippen LogP contribution in [0.4, 0.5) is 10.1 Å². The second-order valence-electron chi connectivity index (χ2n) is 6.08. The van der Waals surface area contributed by atoms with Crippen molar-refractivity contribution in [2.75, 3.05) is 13.6 Å².